The SMILES string of the molecule is CCN(CC)C(=O)CCNc1c(N)ccc(F)c1F. The Hall–Kier alpha value is -1.85. The van der Waals surface area contributed by atoms with Gasteiger partial charge < -0.3 is 16.0 Å². The number of halogens is 2. The van der Waals surface area contributed by atoms with Gasteiger partial charge in [0.05, 0.1) is 11.4 Å². The molecule has 6 heteroatoms. The molecule has 3 N–H and O–H groups in total. The van der Waals surface area contributed by atoms with Gasteiger partial charge in [0.15, 0.2) is 11.6 Å². The predicted octanol–water partition coefficient (Wildman–Crippen LogP) is 2.22. The highest BCUT2D eigenvalue weighted by atomic mass is 19.2. The zero-order chi connectivity index (χ0) is 14.4. The van der Waals surface area contributed by atoms with Gasteiger partial charge >= 0.3 is 0 Å². The second-order valence-electron chi connectivity index (χ2n) is 4.07. The van der Waals surface area contributed by atoms with Crippen LogP contribution in [0.5, 0.6) is 0 Å². The third kappa shape index (κ3) is 3.81. The van der Waals surface area contributed by atoms with E-state index in [1.165, 1.54) is 6.07 Å². The maximum atomic E-state index is 13.5. The zero-order valence-corrected chi connectivity index (χ0v) is 11.2. The summed E-state index contributed by atoms with van der Waals surface area (Å²) >= 11 is 0. The first-order valence-electron chi connectivity index (χ1n) is 6.26. The van der Waals surface area contributed by atoms with Crippen LogP contribution in [0, 0.1) is 11.6 Å². The Labute approximate surface area is 111 Å². The minimum absolute atomic E-state index is 0.0344. The summed E-state index contributed by atoms with van der Waals surface area (Å²) in [5, 5.41) is 2.67. The van der Waals surface area contributed by atoms with Crippen molar-refractivity contribution in [2.24, 2.45) is 0 Å². The van der Waals surface area contributed by atoms with Gasteiger partial charge in [-0.2, -0.15) is 0 Å². The third-order valence-electron chi connectivity index (χ3n) is 2.88. The summed E-state index contributed by atoms with van der Waals surface area (Å²) in [7, 11) is 0. The van der Waals surface area contributed by atoms with Crippen molar-refractivity contribution in [3.63, 3.8) is 0 Å². The summed E-state index contributed by atoms with van der Waals surface area (Å²) < 4.78 is 26.5. The quantitative estimate of drug-likeness (QED) is 0.780. The average molecular weight is 271 g/mol. The van der Waals surface area contributed by atoms with E-state index in [4.69, 9.17) is 5.73 Å². The van der Waals surface area contributed by atoms with Gasteiger partial charge in [-0.3, -0.25) is 4.79 Å². The van der Waals surface area contributed by atoms with Crippen LogP contribution < -0.4 is 11.1 Å². The lowest BCUT2D eigenvalue weighted by Gasteiger charge is -2.19. The van der Waals surface area contributed by atoms with Crippen molar-refractivity contribution in [1.29, 1.82) is 0 Å². The first-order chi connectivity index (χ1) is 9.01. The lowest BCUT2D eigenvalue weighted by atomic mass is 10.2. The molecule has 0 aliphatic heterocycles. The van der Waals surface area contributed by atoms with Crippen LogP contribution in [0.4, 0.5) is 20.2 Å². The third-order valence-corrected chi connectivity index (χ3v) is 2.88. The lowest BCUT2D eigenvalue weighted by Crippen LogP contribution is -2.31. The van der Waals surface area contributed by atoms with Crippen LogP contribution in [-0.4, -0.2) is 30.4 Å². The van der Waals surface area contributed by atoms with E-state index in [1.807, 2.05) is 13.8 Å². The molecule has 19 heavy (non-hydrogen) atoms. The predicted molar refractivity (Wildman–Crippen MR) is 71.8 cm³/mol. The molecule has 0 radical (unpaired) electrons. The van der Waals surface area contributed by atoms with Gasteiger partial charge in [-0.15, -0.1) is 0 Å². The topological polar surface area (TPSA) is 58.4 Å². The molecule has 0 saturated heterocycles. The second kappa shape index (κ2) is 6.92. The van der Waals surface area contributed by atoms with Crippen LogP contribution in [0.15, 0.2) is 12.1 Å². The van der Waals surface area contributed by atoms with E-state index in [1.54, 1.807) is 4.90 Å². The highest BCUT2D eigenvalue weighted by molar-refractivity contribution is 5.77. The molecule has 1 aromatic rings. The van der Waals surface area contributed by atoms with E-state index in [0.717, 1.165) is 6.07 Å². The molecule has 1 aromatic carbocycles. The van der Waals surface area contributed by atoms with Crippen LogP contribution in [-0.2, 0) is 4.79 Å². The van der Waals surface area contributed by atoms with Crippen molar-refractivity contribution in [3.8, 4) is 0 Å². The zero-order valence-electron chi connectivity index (χ0n) is 11.2. The number of carbonyl (C=O) groups excluding carboxylic acids is 1. The van der Waals surface area contributed by atoms with Crippen LogP contribution in [0.3, 0.4) is 0 Å². The Morgan fingerprint density at radius 3 is 2.53 bits per heavy atom. The summed E-state index contributed by atoms with van der Waals surface area (Å²) in [6.07, 6.45) is 0.205. The molecule has 0 spiro atoms. The Balaban J connectivity index is 2.59. The van der Waals surface area contributed by atoms with Crippen LogP contribution in [0.1, 0.15) is 20.3 Å². The van der Waals surface area contributed by atoms with Gasteiger partial charge in [-0.1, -0.05) is 0 Å². The number of anilines is 2. The number of amides is 1. The highest BCUT2D eigenvalue weighted by Gasteiger charge is 2.13. The second-order valence-corrected chi connectivity index (χ2v) is 4.07. The van der Waals surface area contributed by atoms with Crippen LogP contribution in [0.2, 0.25) is 0 Å². The smallest absolute Gasteiger partial charge is 0.224 e. The number of nitrogens with one attached hydrogen (secondary N) is 1. The van der Waals surface area contributed by atoms with E-state index in [2.05, 4.69) is 5.32 Å². The number of hydrogen-bond acceptors (Lipinski definition) is 3. The minimum atomic E-state index is -1.02. The number of benzene rings is 1. The van der Waals surface area contributed by atoms with Crippen molar-refractivity contribution in [2.45, 2.75) is 20.3 Å². The van der Waals surface area contributed by atoms with Crippen LogP contribution >= 0.6 is 0 Å². The van der Waals surface area contributed by atoms with Crippen LogP contribution in [0.25, 0.3) is 0 Å². The average Bonchev–Trinajstić information content (AvgIpc) is 2.39. The summed E-state index contributed by atoms with van der Waals surface area (Å²) in [5.41, 5.74) is 5.58. The molecular formula is C13H19F2N3O. The molecule has 0 heterocycles. The fraction of sp³-hybridized carbons (Fsp3) is 0.462. The fourth-order valence-electron chi connectivity index (χ4n) is 1.77. The maximum Gasteiger partial charge on any atom is 0.224 e. The first kappa shape index (κ1) is 15.2. The van der Waals surface area contributed by atoms with Crippen molar-refractivity contribution in [2.75, 3.05) is 30.7 Å². The number of nitrogens with zero attached hydrogens (tertiary/aromatic N) is 1. The lowest BCUT2D eigenvalue weighted by molar-refractivity contribution is -0.130. The van der Waals surface area contributed by atoms with Gasteiger partial charge in [-0.25, -0.2) is 8.78 Å². The minimum Gasteiger partial charge on any atom is -0.397 e. The summed E-state index contributed by atoms with van der Waals surface area (Å²) in [5.74, 6) is -2.02. The van der Waals surface area contributed by atoms with Gasteiger partial charge in [0.2, 0.25) is 5.91 Å². The fourth-order valence-corrected chi connectivity index (χ4v) is 1.77. The molecule has 0 bridgehead atoms. The molecule has 0 atom stereocenters. The van der Waals surface area contributed by atoms with E-state index in [0.29, 0.717) is 13.1 Å². The molecule has 0 fully saturated rings. The van der Waals surface area contributed by atoms with E-state index < -0.39 is 11.6 Å². The van der Waals surface area contributed by atoms with Gasteiger partial charge in [0, 0.05) is 26.1 Å². The Bertz CT molecular complexity index is 448. The number of hydrogen-bond donors (Lipinski definition) is 2. The van der Waals surface area contributed by atoms with Crippen molar-refractivity contribution in [1.82, 2.24) is 4.90 Å². The molecule has 0 aromatic heterocycles. The normalized spacial score (nSPS) is 10.3. The Morgan fingerprint density at radius 2 is 1.95 bits per heavy atom. The standard InChI is InChI=1S/C13H19F2N3O/c1-3-18(4-2)11(19)7-8-17-13-10(16)6-5-9(14)12(13)15/h5-6,17H,3-4,7-8,16H2,1-2H3. The first-order valence-corrected chi connectivity index (χ1v) is 6.26. The van der Waals surface area contributed by atoms with Crippen molar-refractivity contribution < 1.29 is 13.6 Å². The van der Waals surface area contributed by atoms with Gasteiger partial charge in [0.25, 0.3) is 0 Å². The van der Waals surface area contributed by atoms with Gasteiger partial charge in [0.1, 0.15) is 0 Å². The molecule has 0 unspecified atom stereocenters. The number of rotatable bonds is 6. The molecular weight excluding hydrogens is 252 g/mol. The molecule has 1 amide bonds. The molecule has 106 valence electrons. The molecule has 1 rings (SSSR count). The molecule has 0 aliphatic carbocycles. The maximum absolute atomic E-state index is 13.5. The molecule has 0 saturated carbocycles. The number of carbonyl (C=O) groups is 1. The summed E-state index contributed by atoms with van der Waals surface area (Å²) in [4.78, 5) is 13.4. The van der Waals surface area contributed by atoms with E-state index >= 15 is 0 Å². The summed E-state index contributed by atoms with van der Waals surface area (Å²) in [6.45, 7) is 5.25. The van der Waals surface area contributed by atoms with Crippen molar-refractivity contribution >= 4 is 17.3 Å². The van der Waals surface area contributed by atoms with E-state index in [-0.39, 0.29) is 30.2 Å². The highest BCUT2D eigenvalue weighted by Crippen LogP contribution is 2.24. The Morgan fingerprint density at radius 1 is 1.32 bits per heavy atom. The molecule has 4 nitrogen and oxygen atoms in total. The largest absolute Gasteiger partial charge is 0.397 e. The monoisotopic (exact) mass is 271 g/mol. The molecule has 0 aliphatic rings. The summed E-state index contributed by atoms with van der Waals surface area (Å²) in [6, 6.07) is 2.25. The Kier molecular flexibility index (Phi) is 5.54. The van der Waals surface area contributed by atoms with Gasteiger partial charge in [-0.05, 0) is 26.0 Å². The van der Waals surface area contributed by atoms with E-state index in [9.17, 15) is 13.6 Å². The number of nitrogens with two attached hydrogens (primary N) is 1. The number of nitrogen functional groups attached to an aromatic ring is 1. The van der Waals surface area contributed by atoms with Crippen molar-refractivity contribution in [3.05, 3.63) is 23.8 Å².